The number of amides is 2. The standard InChI is InChI=1S/C31H46N2O8/c1-18(7-12-27-30(37)31(17-38-31)16-24(41-27)15-29(36)32-23-9-10-23)6-11-26-19(2)14-25(21(4)40-26)33-28(35)13-8-20(3)39-22(5)34/h6-8,12-13,19-21,23-27,30,37H,9-11,14-17H2,1-5H3,(H,32,36)(H,33,35)/b12-7+,13-8-,18-6+/t19-,20-,21+,24+,25+,26-,27+,30+,31+/m0/s1. The summed E-state index contributed by atoms with van der Waals surface area (Å²) in [4.78, 5) is 35.7. The van der Waals surface area contributed by atoms with E-state index in [1.54, 1.807) is 13.0 Å². The Bertz CT molecular complexity index is 1050. The molecule has 0 unspecified atom stereocenters. The van der Waals surface area contributed by atoms with E-state index in [1.165, 1.54) is 13.0 Å². The highest BCUT2D eigenvalue weighted by Gasteiger charge is 2.58. The van der Waals surface area contributed by atoms with Crippen LogP contribution in [0.2, 0.25) is 0 Å². The zero-order valence-electron chi connectivity index (χ0n) is 24.8. The van der Waals surface area contributed by atoms with Crippen molar-refractivity contribution in [3.05, 3.63) is 36.0 Å². The van der Waals surface area contributed by atoms with Gasteiger partial charge in [-0.3, -0.25) is 14.4 Å². The van der Waals surface area contributed by atoms with Crippen molar-refractivity contribution < 1.29 is 38.4 Å². The van der Waals surface area contributed by atoms with E-state index in [0.717, 1.165) is 24.8 Å². The largest absolute Gasteiger partial charge is 0.459 e. The number of aliphatic hydroxyl groups is 1. The van der Waals surface area contributed by atoms with E-state index in [0.29, 0.717) is 25.5 Å². The van der Waals surface area contributed by atoms with Gasteiger partial charge in [0, 0.05) is 25.5 Å². The van der Waals surface area contributed by atoms with Crippen LogP contribution in [0.4, 0.5) is 0 Å². The quantitative estimate of drug-likeness (QED) is 0.148. The molecule has 0 bridgehead atoms. The summed E-state index contributed by atoms with van der Waals surface area (Å²) in [5.41, 5.74) is 0.408. The molecule has 0 aromatic rings. The Morgan fingerprint density at radius 1 is 1.12 bits per heavy atom. The first kappa shape index (κ1) is 31.4. The number of ether oxygens (including phenoxy) is 4. The average molecular weight is 575 g/mol. The average Bonchev–Trinajstić information content (AvgIpc) is 3.83. The summed E-state index contributed by atoms with van der Waals surface area (Å²) in [5, 5.41) is 16.9. The molecule has 1 spiro atoms. The highest BCUT2D eigenvalue weighted by molar-refractivity contribution is 5.87. The van der Waals surface area contributed by atoms with E-state index in [-0.39, 0.29) is 48.5 Å². The zero-order valence-corrected chi connectivity index (χ0v) is 24.8. The fourth-order valence-electron chi connectivity index (χ4n) is 5.61. The third kappa shape index (κ3) is 9.23. The Hall–Kier alpha value is -2.53. The van der Waals surface area contributed by atoms with Gasteiger partial charge in [0.2, 0.25) is 11.8 Å². The van der Waals surface area contributed by atoms with Gasteiger partial charge in [0.05, 0.1) is 37.4 Å². The molecule has 4 fully saturated rings. The normalized spacial score (nSPS) is 36.3. The molecule has 3 heterocycles. The van der Waals surface area contributed by atoms with Crippen LogP contribution < -0.4 is 10.6 Å². The van der Waals surface area contributed by atoms with Gasteiger partial charge < -0.3 is 34.7 Å². The Labute approximate surface area is 242 Å². The van der Waals surface area contributed by atoms with E-state index in [1.807, 2.05) is 26.0 Å². The molecule has 2 amide bonds. The lowest BCUT2D eigenvalue weighted by Gasteiger charge is -2.39. The molecule has 10 nitrogen and oxygen atoms in total. The second-order valence-electron chi connectivity index (χ2n) is 12.2. The Kier molecular flexibility index (Phi) is 10.4. The van der Waals surface area contributed by atoms with Crippen LogP contribution in [0, 0.1) is 5.92 Å². The van der Waals surface area contributed by atoms with Gasteiger partial charge in [-0.2, -0.15) is 0 Å². The van der Waals surface area contributed by atoms with Crippen LogP contribution in [0.15, 0.2) is 36.0 Å². The molecule has 3 aliphatic heterocycles. The molecule has 0 aromatic carbocycles. The van der Waals surface area contributed by atoms with Gasteiger partial charge in [-0.1, -0.05) is 30.7 Å². The van der Waals surface area contributed by atoms with Crippen LogP contribution in [0.3, 0.4) is 0 Å². The van der Waals surface area contributed by atoms with Crippen LogP contribution in [-0.2, 0) is 33.3 Å². The first-order chi connectivity index (χ1) is 19.4. The molecular weight excluding hydrogens is 528 g/mol. The number of aliphatic hydroxyl groups excluding tert-OH is 1. The lowest BCUT2D eigenvalue weighted by atomic mass is 9.87. The van der Waals surface area contributed by atoms with Gasteiger partial charge in [0.25, 0.3) is 0 Å². The van der Waals surface area contributed by atoms with Crippen LogP contribution in [0.1, 0.15) is 73.1 Å². The maximum atomic E-state index is 12.4. The molecule has 3 N–H and O–H groups in total. The number of epoxide rings is 1. The van der Waals surface area contributed by atoms with Crippen molar-refractivity contribution in [3.63, 3.8) is 0 Å². The summed E-state index contributed by atoms with van der Waals surface area (Å²) in [6.07, 6.45) is 11.0. The van der Waals surface area contributed by atoms with Gasteiger partial charge in [0.1, 0.15) is 23.9 Å². The van der Waals surface area contributed by atoms with Crippen LogP contribution in [0.25, 0.3) is 0 Å². The number of carbonyl (C=O) groups excluding carboxylic acids is 3. The van der Waals surface area contributed by atoms with Crippen molar-refractivity contribution in [2.45, 2.75) is 127 Å². The number of esters is 1. The van der Waals surface area contributed by atoms with Crippen LogP contribution in [-0.4, -0.2) is 83.8 Å². The maximum absolute atomic E-state index is 12.4. The molecule has 41 heavy (non-hydrogen) atoms. The van der Waals surface area contributed by atoms with E-state index in [9.17, 15) is 19.5 Å². The van der Waals surface area contributed by atoms with E-state index in [4.69, 9.17) is 18.9 Å². The predicted octanol–water partition coefficient (Wildman–Crippen LogP) is 2.64. The number of allylic oxidation sites excluding steroid dienone is 2. The smallest absolute Gasteiger partial charge is 0.303 e. The van der Waals surface area contributed by atoms with Crippen LogP contribution >= 0.6 is 0 Å². The third-order valence-electron chi connectivity index (χ3n) is 8.28. The maximum Gasteiger partial charge on any atom is 0.303 e. The molecule has 0 radical (unpaired) electrons. The van der Waals surface area contributed by atoms with Gasteiger partial charge in [-0.15, -0.1) is 0 Å². The number of rotatable bonds is 11. The summed E-state index contributed by atoms with van der Waals surface area (Å²) >= 11 is 0. The molecular formula is C31H46N2O8. The van der Waals surface area contributed by atoms with Gasteiger partial charge in [-0.05, 0) is 58.4 Å². The monoisotopic (exact) mass is 574 g/mol. The molecule has 9 atom stereocenters. The second-order valence-corrected chi connectivity index (χ2v) is 12.2. The Morgan fingerprint density at radius 3 is 2.51 bits per heavy atom. The second kappa shape index (κ2) is 13.6. The van der Waals surface area contributed by atoms with E-state index < -0.39 is 29.9 Å². The molecule has 0 aromatic heterocycles. The number of carbonyl (C=O) groups is 3. The molecule has 4 rings (SSSR count). The highest BCUT2D eigenvalue weighted by Crippen LogP contribution is 2.43. The molecule has 3 saturated heterocycles. The minimum Gasteiger partial charge on any atom is -0.459 e. The molecule has 228 valence electrons. The fraction of sp³-hybridized carbons (Fsp3) is 0.710. The van der Waals surface area contributed by atoms with Gasteiger partial charge >= 0.3 is 5.97 Å². The van der Waals surface area contributed by atoms with E-state index in [2.05, 4.69) is 23.6 Å². The highest BCUT2D eigenvalue weighted by atomic mass is 16.6. The van der Waals surface area contributed by atoms with Crippen molar-refractivity contribution >= 4 is 17.8 Å². The SMILES string of the molecule is CC(=O)O[C@@H](C)/C=C\C(=O)N[C@@H]1C[C@H](C)[C@H](C/C=C(C)/C=C/[C@H]2O[C@H](CC(=O)NC3CC3)C[C@@]3(CO3)[C@@H]2O)O[C@@H]1C. The third-order valence-corrected chi connectivity index (χ3v) is 8.28. The minimum atomic E-state index is -0.774. The topological polar surface area (TPSA) is 136 Å². The van der Waals surface area contributed by atoms with Crippen molar-refractivity contribution in [3.8, 4) is 0 Å². The number of hydrogen-bond acceptors (Lipinski definition) is 8. The predicted molar refractivity (Wildman–Crippen MR) is 152 cm³/mol. The first-order valence-electron chi connectivity index (χ1n) is 14.9. The van der Waals surface area contributed by atoms with Crippen molar-refractivity contribution in [1.29, 1.82) is 0 Å². The summed E-state index contributed by atoms with van der Waals surface area (Å²) < 4.78 is 23.0. The molecule has 1 saturated carbocycles. The zero-order chi connectivity index (χ0) is 29.7. The number of hydrogen-bond donors (Lipinski definition) is 3. The molecule has 1 aliphatic carbocycles. The van der Waals surface area contributed by atoms with Gasteiger partial charge in [-0.25, -0.2) is 0 Å². The summed E-state index contributed by atoms with van der Waals surface area (Å²) in [6.45, 7) is 9.60. The molecule has 4 aliphatic rings. The van der Waals surface area contributed by atoms with E-state index >= 15 is 0 Å². The van der Waals surface area contributed by atoms with Gasteiger partial charge in [0.15, 0.2) is 0 Å². The first-order valence-corrected chi connectivity index (χ1v) is 14.9. The Morgan fingerprint density at radius 2 is 1.85 bits per heavy atom. The molecule has 10 heteroatoms. The van der Waals surface area contributed by atoms with Crippen molar-refractivity contribution in [2.24, 2.45) is 5.92 Å². The number of nitrogens with one attached hydrogen (secondary N) is 2. The minimum absolute atomic E-state index is 0.00791. The lowest BCUT2D eigenvalue weighted by molar-refractivity contribution is -0.145. The van der Waals surface area contributed by atoms with Crippen molar-refractivity contribution in [2.75, 3.05) is 6.61 Å². The van der Waals surface area contributed by atoms with Crippen LogP contribution in [0.5, 0.6) is 0 Å². The summed E-state index contributed by atoms with van der Waals surface area (Å²) in [7, 11) is 0. The Balaban J connectivity index is 1.25. The summed E-state index contributed by atoms with van der Waals surface area (Å²) in [5.74, 6) is -0.415. The summed E-state index contributed by atoms with van der Waals surface area (Å²) in [6, 6.07) is 0.189. The lowest BCUT2D eigenvalue weighted by Crippen LogP contribution is -2.51. The fourth-order valence-corrected chi connectivity index (χ4v) is 5.61. The van der Waals surface area contributed by atoms with Crippen molar-refractivity contribution in [1.82, 2.24) is 10.6 Å².